The summed E-state index contributed by atoms with van der Waals surface area (Å²) in [6.45, 7) is 0. The Morgan fingerprint density at radius 1 is 0.600 bits per heavy atom. The standard InChI is InChI=1S/C12H20Cl2O/c13-11(7-3-1-4-8-11)15-12(14)9-5-2-6-10-12/h1-10H2. The predicted octanol–water partition coefficient (Wildman–Crippen LogP) is 4.80. The maximum atomic E-state index is 6.49. The van der Waals surface area contributed by atoms with E-state index < -0.39 is 10.1 Å². The minimum atomic E-state index is -0.461. The molecule has 0 N–H and O–H groups in total. The third-order valence-corrected chi connectivity index (χ3v) is 4.48. The second-order valence-corrected chi connectivity index (χ2v) is 6.37. The van der Waals surface area contributed by atoms with E-state index in [0.717, 1.165) is 25.7 Å². The van der Waals surface area contributed by atoms with Crippen molar-refractivity contribution in [2.24, 2.45) is 0 Å². The van der Waals surface area contributed by atoms with Crippen LogP contribution in [-0.2, 0) is 4.74 Å². The number of hydrogen-bond donors (Lipinski definition) is 0. The molecule has 0 radical (unpaired) electrons. The van der Waals surface area contributed by atoms with Crippen LogP contribution in [0.2, 0.25) is 0 Å². The van der Waals surface area contributed by atoms with Crippen molar-refractivity contribution >= 4 is 23.2 Å². The molecule has 0 aromatic carbocycles. The van der Waals surface area contributed by atoms with Crippen LogP contribution in [0.25, 0.3) is 0 Å². The summed E-state index contributed by atoms with van der Waals surface area (Å²) in [7, 11) is 0. The van der Waals surface area contributed by atoms with Gasteiger partial charge in [0.05, 0.1) is 0 Å². The second-order valence-electron chi connectivity index (χ2n) is 4.99. The molecule has 15 heavy (non-hydrogen) atoms. The normalized spacial score (nSPS) is 30.0. The van der Waals surface area contributed by atoms with Gasteiger partial charge in [-0.2, -0.15) is 0 Å². The third-order valence-electron chi connectivity index (χ3n) is 3.57. The van der Waals surface area contributed by atoms with E-state index in [-0.39, 0.29) is 0 Å². The Balaban J connectivity index is 1.93. The van der Waals surface area contributed by atoms with Crippen LogP contribution >= 0.6 is 23.2 Å². The number of alkyl halides is 2. The number of ether oxygens (including phenoxy) is 1. The van der Waals surface area contributed by atoms with E-state index in [1.165, 1.54) is 38.5 Å². The van der Waals surface area contributed by atoms with Crippen molar-refractivity contribution in [2.75, 3.05) is 0 Å². The van der Waals surface area contributed by atoms with Crippen LogP contribution in [0, 0.1) is 0 Å². The molecule has 0 aromatic rings. The summed E-state index contributed by atoms with van der Waals surface area (Å²) in [4.78, 5) is 0. The Morgan fingerprint density at radius 2 is 0.933 bits per heavy atom. The molecule has 0 aromatic heterocycles. The lowest BCUT2D eigenvalue weighted by Crippen LogP contribution is -2.40. The molecule has 0 saturated heterocycles. The molecule has 0 aliphatic heterocycles. The van der Waals surface area contributed by atoms with Gasteiger partial charge in [-0.05, 0) is 51.4 Å². The summed E-state index contributed by atoms with van der Waals surface area (Å²) in [5, 5.41) is -0.922. The topological polar surface area (TPSA) is 9.23 Å². The van der Waals surface area contributed by atoms with E-state index in [4.69, 9.17) is 27.9 Å². The molecule has 0 spiro atoms. The summed E-state index contributed by atoms with van der Waals surface area (Å²) >= 11 is 13.0. The smallest absolute Gasteiger partial charge is 0.144 e. The van der Waals surface area contributed by atoms with Crippen molar-refractivity contribution in [3.63, 3.8) is 0 Å². The van der Waals surface area contributed by atoms with Gasteiger partial charge in [0, 0.05) is 0 Å². The van der Waals surface area contributed by atoms with Crippen molar-refractivity contribution in [1.29, 1.82) is 0 Å². The van der Waals surface area contributed by atoms with Gasteiger partial charge in [-0.3, -0.25) is 0 Å². The number of halogens is 2. The molecule has 2 saturated carbocycles. The van der Waals surface area contributed by atoms with Crippen molar-refractivity contribution in [3.8, 4) is 0 Å². The quantitative estimate of drug-likeness (QED) is 0.640. The molecular weight excluding hydrogens is 231 g/mol. The maximum Gasteiger partial charge on any atom is 0.144 e. The predicted molar refractivity (Wildman–Crippen MR) is 64.4 cm³/mol. The van der Waals surface area contributed by atoms with Crippen LogP contribution in [0.5, 0.6) is 0 Å². The minimum absolute atomic E-state index is 0.461. The molecule has 2 rings (SSSR count). The Kier molecular flexibility index (Phi) is 3.85. The van der Waals surface area contributed by atoms with E-state index in [0.29, 0.717) is 0 Å². The first-order chi connectivity index (χ1) is 7.12. The lowest BCUT2D eigenvalue weighted by atomic mass is 9.94. The van der Waals surface area contributed by atoms with Gasteiger partial charge in [-0.25, -0.2) is 0 Å². The van der Waals surface area contributed by atoms with Gasteiger partial charge in [-0.15, -0.1) is 0 Å². The van der Waals surface area contributed by atoms with Crippen LogP contribution in [-0.4, -0.2) is 10.1 Å². The first-order valence-electron chi connectivity index (χ1n) is 6.20. The van der Waals surface area contributed by atoms with Crippen molar-refractivity contribution < 1.29 is 4.74 Å². The molecule has 1 nitrogen and oxygen atoms in total. The van der Waals surface area contributed by atoms with E-state index in [1.54, 1.807) is 0 Å². The molecule has 3 heteroatoms. The summed E-state index contributed by atoms with van der Waals surface area (Å²) in [6.07, 6.45) is 11.1. The zero-order valence-corrected chi connectivity index (χ0v) is 10.7. The van der Waals surface area contributed by atoms with E-state index in [9.17, 15) is 0 Å². The second kappa shape index (κ2) is 4.81. The van der Waals surface area contributed by atoms with E-state index in [2.05, 4.69) is 0 Å². The highest BCUT2D eigenvalue weighted by Gasteiger charge is 2.40. The average Bonchev–Trinajstić information content (AvgIpc) is 2.18. The van der Waals surface area contributed by atoms with Crippen molar-refractivity contribution in [1.82, 2.24) is 0 Å². The van der Waals surface area contributed by atoms with Crippen molar-refractivity contribution in [2.45, 2.75) is 74.3 Å². The summed E-state index contributed by atoms with van der Waals surface area (Å²) in [6, 6.07) is 0. The Labute approximate surface area is 102 Å². The van der Waals surface area contributed by atoms with Crippen LogP contribution in [0.4, 0.5) is 0 Å². The van der Waals surface area contributed by atoms with Gasteiger partial charge in [0.15, 0.2) is 0 Å². The van der Waals surface area contributed by atoms with Crippen molar-refractivity contribution in [3.05, 3.63) is 0 Å². The molecule has 0 heterocycles. The summed E-state index contributed by atoms with van der Waals surface area (Å²) in [5.74, 6) is 0. The van der Waals surface area contributed by atoms with Crippen LogP contribution in [0.15, 0.2) is 0 Å². The van der Waals surface area contributed by atoms with Crippen LogP contribution < -0.4 is 0 Å². The lowest BCUT2D eigenvalue weighted by Gasteiger charge is -2.41. The van der Waals surface area contributed by atoms with E-state index in [1.807, 2.05) is 0 Å². The Morgan fingerprint density at radius 3 is 1.27 bits per heavy atom. The zero-order valence-electron chi connectivity index (χ0n) is 9.24. The van der Waals surface area contributed by atoms with Crippen LogP contribution in [0.1, 0.15) is 64.2 Å². The zero-order chi connectivity index (χ0) is 10.8. The first kappa shape index (κ1) is 12.0. The van der Waals surface area contributed by atoms with Gasteiger partial charge in [0.1, 0.15) is 10.1 Å². The Bertz CT molecular complexity index is 184. The molecule has 88 valence electrons. The molecule has 2 aliphatic rings. The van der Waals surface area contributed by atoms with E-state index >= 15 is 0 Å². The maximum absolute atomic E-state index is 6.49. The molecule has 2 aliphatic carbocycles. The third kappa shape index (κ3) is 3.25. The Hall–Kier alpha value is 0.540. The fourth-order valence-electron chi connectivity index (χ4n) is 2.69. The largest absolute Gasteiger partial charge is 0.338 e. The lowest BCUT2D eigenvalue weighted by molar-refractivity contribution is -0.0976. The highest BCUT2D eigenvalue weighted by atomic mass is 35.5. The molecule has 0 unspecified atom stereocenters. The molecule has 0 atom stereocenters. The van der Waals surface area contributed by atoms with Gasteiger partial charge in [0.25, 0.3) is 0 Å². The SMILES string of the molecule is ClC1(OC2(Cl)CCCCC2)CCCCC1. The van der Waals surface area contributed by atoms with Gasteiger partial charge in [0.2, 0.25) is 0 Å². The van der Waals surface area contributed by atoms with Gasteiger partial charge in [-0.1, -0.05) is 36.0 Å². The number of hydrogen-bond acceptors (Lipinski definition) is 1. The molecule has 0 amide bonds. The van der Waals surface area contributed by atoms with Gasteiger partial charge >= 0.3 is 0 Å². The molecule has 0 bridgehead atoms. The van der Waals surface area contributed by atoms with Crippen LogP contribution in [0.3, 0.4) is 0 Å². The first-order valence-corrected chi connectivity index (χ1v) is 6.96. The molecular formula is C12H20Cl2O. The molecule has 2 fully saturated rings. The fraction of sp³-hybridized carbons (Fsp3) is 1.00. The highest BCUT2D eigenvalue weighted by Crippen LogP contribution is 2.44. The minimum Gasteiger partial charge on any atom is -0.338 e. The summed E-state index contributed by atoms with van der Waals surface area (Å²) < 4.78 is 6.04. The summed E-state index contributed by atoms with van der Waals surface area (Å²) in [5.41, 5.74) is 0. The highest BCUT2D eigenvalue weighted by molar-refractivity contribution is 6.25. The average molecular weight is 251 g/mol. The monoisotopic (exact) mass is 250 g/mol. The number of rotatable bonds is 2. The van der Waals surface area contributed by atoms with Gasteiger partial charge < -0.3 is 4.74 Å². The fourth-order valence-corrected chi connectivity index (χ4v) is 3.56.